The summed E-state index contributed by atoms with van der Waals surface area (Å²) in [7, 11) is 0. The highest BCUT2D eigenvalue weighted by Crippen LogP contribution is 2.24. The summed E-state index contributed by atoms with van der Waals surface area (Å²) in [5, 5.41) is 3.10. The van der Waals surface area contributed by atoms with Gasteiger partial charge in [0.2, 0.25) is 5.95 Å². The summed E-state index contributed by atoms with van der Waals surface area (Å²) >= 11 is 0. The van der Waals surface area contributed by atoms with Crippen LogP contribution < -0.4 is 11.1 Å². The van der Waals surface area contributed by atoms with Crippen molar-refractivity contribution in [3.63, 3.8) is 0 Å². The maximum Gasteiger partial charge on any atom is 0.222 e. The zero-order valence-electron chi connectivity index (χ0n) is 9.83. The summed E-state index contributed by atoms with van der Waals surface area (Å²) in [5.74, 6) is 0.0164. The second kappa shape index (κ2) is 5.75. The van der Waals surface area contributed by atoms with E-state index in [9.17, 15) is 4.39 Å². The number of anilines is 1. The summed E-state index contributed by atoms with van der Waals surface area (Å²) in [4.78, 5) is 7.69. The molecule has 1 heterocycles. The van der Waals surface area contributed by atoms with Crippen LogP contribution in [0, 0.1) is 11.2 Å². The highest BCUT2D eigenvalue weighted by atomic mass is 19.1. The first kappa shape index (κ1) is 12.8. The molecule has 0 amide bonds. The molecule has 3 N–H and O–H groups in total. The number of hydrogen-bond acceptors (Lipinski definition) is 4. The molecule has 5 heteroatoms. The molecule has 0 aliphatic heterocycles. The molecule has 0 fully saturated rings. The van der Waals surface area contributed by atoms with Crippen LogP contribution in [0.1, 0.15) is 26.7 Å². The smallest absolute Gasteiger partial charge is 0.222 e. The normalized spacial score (nSPS) is 11.5. The van der Waals surface area contributed by atoms with E-state index in [1.165, 1.54) is 0 Å². The molecular weight excluding hydrogens is 207 g/mol. The van der Waals surface area contributed by atoms with Gasteiger partial charge in [-0.2, -0.15) is 0 Å². The summed E-state index contributed by atoms with van der Waals surface area (Å²) in [6.07, 6.45) is 4.29. The van der Waals surface area contributed by atoms with Crippen molar-refractivity contribution in [2.75, 3.05) is 18.4 Å². The predicted molar refractivity (Wildman–Crippen MR) is 62.5 cm³/mol. The average molecular weight is 226 g/mol. The van der Waals surface area contributed by atoms with Crippen molar-refractivity contribution < 1.29 is 4.39 Å². The largest absolute Gasteiger partial charge is 0.354 e. The molecule has 0 atom stereocenters. The van der Waals surface area contributed by atoms with Gasteiger partial charge in [0.1, 0.15) is 0 Å². The molecule has 1 rings (SSSR count). The topological polar surface area (TPSA) is 63.8 Å². The van der Waals surface area contributed by atoms with Crippen LogP contribution in [-0.4, -0.2) is 23.1 Å². The second-order valence-electron chi connectivity index (χ2n) is 3.99. The van der Waals surface area contributed by atoms with Gasteiger partial charge in [-0.25, -0.2) is 14.4 Å². The lowest BCUT2D eigenvalue weighted by Gasteiger charge is -2.30. The Bertz CT molecular complexity index is 300. The van der Waals surface area contributed by atoms with Crippen LogP contribution >= 0.6 is 0 Å². The molecule has 0 aliphatic rings. The first-order valence-electron chi connectivity index (χ1n) is 5.57. The zero-order valence-corrected chi connectivity index (χ0v) is 9.83. The van der Waals surface area contributed by atoms with Crippen molar-refractivity contribution in [3.8, 4) is 0 Å². The molecular formula is C11H19FN4. The minimum atomic E-state index is -0.429. The number of halogens is 1. The van der Waals surface area contributed by atoms with Crippen LogP contribution in [0.15, 0.2) is 12.4 Å². The zero-order chi connectivity index (χ0) is 12.0. The summed E-state index contributed by atoms with van der Waals surface area (Å²) in [5.41, 5.74) is 5.84. The maximum absolute atomic E-state index is 12.6. The molecule has 16 heavy (non-hydrogen) atoms. The third-order valence-electron chi connectivity index (χ3n) is 3.17. The fourth-order valence-corrected chi connectivity index (χ4v) is 1.53. The third-order valence-corrected chi connectivity index (χ3v) is 3.17. The lowest BCUT2D eigenvalue weighted by molar-refractivity contribution is 0.294. The quantitative estimate of drug-likeness (QED) is 0.776. The van der Waals surface area contributed by atoms with Crippen molar-refractivity contribution in [3.05, 3.63) is 18.2 Å². The molecule has 0 saturated carbocycles. The summed E-state index contributed by atoms with van der Waals surface area (Å²) in [6, 6.07) is 0. The first-order chi connectivity index (χ1) is 7.65. The number of nitrogens with one attached hydrogen (secondary N) is 1. The van der Waals surface area contributed by atoms with Gasteiger partial charge in [0.25, 0.3) is 0 Å². The van der Waals surface area contributed by atoms with Crippen LogP contribution in [0.3, 0.4) is 0 Å². The Labute approximate surface area is 95.5 Å². The lowest BCUT2D eigenvalue weighted by atomic mass is 9.82. The van der Waals surface area contributed by atoms with Crippen molar-refractivity contribution in [2.24, 2.45) is 11.1 Å². The summed E-state index contributed by atoms with van der Waals surface area (Å²) in [6.45, 7) is 5.56. The standard InChI is InChI=1S/C11H19FN4/c1-3-11(4-2,7-13)8-16-10-14-5-9(12)6-15-10/h5-6H,3-4,7-8,13H2,1-2H3,(H,14,15,16). The molecule has 1 aromatic heterocycles. The molecule has 0 radical (unpaired) electrons. The van der Waals surface area contributed by atoms with E-state index in [0.29, 0.717) is 19.0 Å². The van der Waals surface area contributed by atoms with E-state index in [4.69, 9.17) is 5.73 Å². The third kappa shape index (κ3) is 3.13. The van der Waals surface area contributed by atoms with Gasteiger partial charge in [-0.05, 0) is 24.8 Å². The Morgan fingerprint density at radius 2 is 1.88 bits per heavy atom. The van der Waals surface area contributed by atoms with E-state index in [1.54, 1.807) is 0 Å². The molecule has 1 aromatic rings. The molecule has 4 nitrogen and oxygen atoms in total. The number of aromatic nitrogens is 2. The number of hydrogen-bond donors (Lipinski definition) is 2. The Kier molecular flexibility index (Phi) is 4.61. The molecule has 90 valence electrons. The molecule has 0 aromatic carbocycles. The van der Waals surface area contributed by atoms with Gasteiger partial charge in [0.15, 0.2) is 5.82 Å². The monoisotopic (exact) mass is 226 g/mol. The predicted octanol–water partition coefficient (Wildman–Crippen LogP) is 1.79. The van der Waals surface area contributed by atoms with Crippen molar-refractivity contribution in [1.29, 1.82) is 0 Å². The number of rotatable bonds is 6. The fraction of sp³-hybridized carbons (Fsp3) is 0.636. The summed E-state index contributed by atoms with van der Waals surface area (Å²) < 4.78 is 12.6. The van der Waals surface area contributed by atoms with Crippen LogP contribution in [0.5, 0.6) is 0 Å². The van der Waals surface area contributed by atoms with Crippen LogP contribution in [0.4, 0.5) is 10.3 Å². The van der Waals surface area contributed by atoms with Crippen molar-refractivity contribution in [1.82, 2.24) is 9.97 Å². The van der Waals surface area contributed by atoms with Crippen LogP contribution in [-0.2, 0) is 0 Å². The van der Waals surface area contributed by atoms with Gasteiger partial charge >= 0.3 is 0 Å². The lowest BCUT2D eigenvalue weighted by Crippen LogP contribution is -2.36. The minimum absolute atomic E-state index is 0.0672. The molecule has 0 unspecified atom stereocenters. The Morgan fingerprint density at radius 3 is 2.31 bits per heavy atom. The van der Waals surface area contributed by atoms with Gasteiger partial charge in [-0.15, -0.1) is 0 Å². The van der Waals surface area contributed by atoms with Gasteiger partial charge in [-0.3, -0.25) is 0 Å². The average Bonchev–Trinajstić information content (AvgIpc) is 2.34. The van der Waals surface area contributed by atoms with E-state index in [1.807, 2.05) is 0 Å². The van der Waals surface area contributed by atoms with E-state index in [0.717, 1.165) is 25.2 Å². The van der Waals surface area contributed by atoms with Gasteiger partial charge in [-0.1, -0.05) is 13.8 Å². The first-order valence-corrected chi connectivity index (χ1v) is 5.57. The van der Waals surface area contributed by atoms with E-state index in [-0.39, 0.29) is 5.41 Å². The maximum atomic E-state index is 12.6. The fourth-order valence-electron chi connectivity index (χ4n) is 1.53. The van der Waals surface area contributed by atoms with Gasteiger partial charge in [0.05, 0.1) is 12.4 Å². The Balaban J connectivity index is 2.58. The highest BCUT2D eigenvalue weighted by Gasteiger charge is 2.24. The Morgan fingerprint density at radius 1 is 1.31 bits per heavy atom. The molecule has 0 bridgehead atoms. The second-order valence-corrected chi connectivity index (χ2v) is 3.99. The highest BCUT2D eigenvalue weighted by molar-refractivity contribution is 5.23. The van der Waals surface area contributed by atoms with E-state index in [2.05, 4.69) is 29.1 Å². The van der Waals surface area contributed by atoms with Crippen molar-refractivity contribution in [2.45, 2.75) is 26.7 Å². The van der Waals surface area contributed by atoms with Crippen LogP contribution in [0.2, 0.25) is 0 Å². The number of nitrogens with zero attached hydrogens (tertiary/aromatic N) is 2. The minimum Gasteiger partial charge on any atom is -0.354 e. The van der Waals surface area contributed by atoms with E-state index < -0.39 is 5.82 Å². The Hall–Kier alpha value is -1.23. The SMILES string of the molecule is CCC(CC)(CN)CNc1ncc(F)cn1. The molecule has 0 spiro atoms. The molecule has 0 aliphatic carbocycles. The van der Waals surface area contributed by atoms with Gasteiger partial charge < -0.3 is 11.1 Å². The van der Waals surface area contributed by atoms with Crippen LogP contribution in [0.25, 0.3) is 0 Å². The van der Waals surface area contributed by atoms with Gasteiger partial charge in [0, 0.05) is 6.54 Å². The number of nitrogens with two attached hydrogens (primary N) is 1. The van der Waals surface area contributed by atoms with Crippen molar-refractivity contribution >= 4 is 5.95 Å². The van der Waals surface area contributed by atoms with E-state index >= 15 is 0 Å². The molecule has 0 saturated heterocycles.